The summed E-state index contributed by atoms with van der Waals surface area (Å²) in [7, 11) is 3.16. The number of aryl methyl sites for hydroxylation is 1. The van der Waals surface area contributed by atoms with E-state index < -0.39 is 11.7 Å². The van der Waals surface area contributed by atoms with Crippen molar-refractivity contribution in [1.29, 1.82) is 0 Å². The van der Waals surface area contributed by atoms with E-state index in [0.717, 1.165) is 23.0 Å². The van der Waals surface area contributed by atoms with Crippen LogP contribution in [0.1, 0.15) is 35.1 Å². The monoisotopic (exact) mass is 460 g/mol. The molecule has 0 atom stereocenters. The lowest BCUT2D eigenvalue weighted by Crippen LogP contribution is -2.55. The average Bonchev–Trinajstić information content (AvgIpc) is 3.01. The molecule has 9 heteroatoms. The first-order chi connectivity index (χ1) is 15.8. The van der Waals surface area contributed by atoms with E-state index in [-0.39, 0.29) is 18.3 Å². The molecule has 0 saturated carbocycles. The van der Waals surface area contributed by atoms with Crippen molar-refractivity contribution < 1.29 is 33.5 Å². The standard InChI is InChI=1S/C24H32N2O7/c1-7-31-23(28)33-21-20(19-9-8-16(2)17(3)18(19)4)22(27)26(32-15-14-29-5)24(21)10-12-25(30-6)13-11-24/h7-9H,1,10-15H2,2-6H3. The zero-order valence-corrected chi connectivity index (χ0v) is 19.9. The predicted molar refractivity (Wildman–Crippen MR) is 121 cm³/mol. The van der Waals surface area contributed by atoms with Gasteiger partial charge in [-0.15, -0.1) is 0 Å². The summed E-state index contributed by atoms with van der Waals surface area (Å²) >= 11 is 0. The Morgan fingerprint density at radius 1 is 1.12 bits per heavy atom. The van der Waals surface area contributed by atoms with Crippen molar-refractivity contribution in [3.63, 3.8) is 0 Å². The Morgan fingerprint density at radius 3 is 2.42 bits per heavy atom. The third-order valence-electron chi connectivity index (χ3n) is 6.44. The number of carbonyl (C=O) groups is 2. The van der Waals surface area contributed by atoms with Crippen LogP contribution >= 0.6 is 0 Å². The number of methoxy groups -OCH3 is 1. The smallest absolute Gasteiger partial charge is 0.403 e. The summed E-state index contributed by atoms with van der Waals surface area (Å²) in [6.07, 6.45) is 0.903. The molecule has 0 aliphatic carbocycles. The van der Waals surface area contributed by atoms with E-state index in [9.17, 15) is 9.59 Å². The van der Waals surface area contributed by atoms with Crippen molar-refractivity contribution in [2.75, 3.05) is 40.5 Å². The Balaban J connectivity index is 2.18. The minimum absolute atomic E-state index is 0.168. The molecule has 180 valence electrons. The number of carbonyl (C=O) groups excluding carboxylic acids is 2. The molecule has 1 aromatic rings. The lowest BCUT2D eigenvalue weighted by Gasteiger charge is -2.43. The maximum absolute atomic E-state index is 13.8. The normalized spacial score (nSPS) is 18.2. The second kappa shape index (κ2) is 10.5. The zero-order valence-electron chi connectivity index (χ0n) is 19.9. The molecule has 1 fully saturated rings. The number of ether oxygens (including phenoxy) is 3. The van der Waals surface area contributed by atoms with Crippen LogP contribution in [-0.2, 0) is 28.7 Å². The second-order valence-electron chi connectivity index (χ2n) is 8.09. The van der Waals surface area contributed by atoms with Crippen LogP contribution < -0.4 is 0 Å². The minimum atomic E-state index is -0.999. The number of amides is 1. The Hall–Kier alpha value is -2.72. The molecule has 0 radical (unpaired) electrons. The molecule has 0 N–H and O–H groups in total. The molecular weight excluding hydrogens is 428 g/mol. The molecule has 0 unspecified atom stereocenters. The number of benzene rings is 1. The highest BCUT2D eigenvalue weighted by Crippen LogP contribution is 2.48. The molecular formula is C24H32N2O7. The first-order valence-corrected chi connectivity index (χ1v) is 10.9. The molecule has 1 aromatic carbocycles. The summed E-state index contributed by atoms with van der Waals surface area (Å²) in [5, 5.41) is 3.14. The van der Waals surface area contributed by atoms with Gasteiger partial charge in [-0.25, -0.2) is 9.86 Å². The van der Waals surface area contributed by atoms with Crippen molar-refractivity contribution in [3.8, 4) is 0 Å². The van der Waals surface area contributed by atoms with Gasteiger partial charge < -0.3 is 19.0 Å². The summed E-state index contributed by atoms with van der Waals surface area (Å²) in [5.41, 5.74) is 3.08. The molecule has 9 nitrogen and oxygen atoms in total. The number of nitrogens with zero attached hydrogens (tertiary/aromatic N) is 2. The number of hydrogen-bond donors (Lipinski definition) is 0. The molecule has 1 saturated heterocycles. The molecule has 3 rings (SSSR count). The third kappa shape index (κ3) is 4.67. The van der Waals surface area contributed by atoms with Crippen LogP contribution in [0.2, 0.25) is 0 Å². The fraction of sp³-hybridized carbons (Fsp3) is 0.500. The first-order valence-electron chi connectivity index (χ1n) is 10.9. The number of piperidine rings is 1. The molecule has 2 heterocycles. The van der Waals surface area contributed by atoms with Crippen LogP contribution in [0.3, 0.4) is 0 Å². The molecule has 2 aliphatic heterocycles. The fourth-order valence-corrected chi connectivity index (χ4v) is 4.37. The van der Waals surface area contributed by atoms with Gasteiger partial charge in [-0.2, -0.15) is 5.06 Å². The Kier molecular flexibility index (Phi) is 7.91. The SMILES string of the molecule is C=COC(=O)OC1=C(c2ccc(C)c(C)c2C)C(=O)N(OCCOC)C12CCN(OC)CC2. The summed E-state index contributed by atoms with van der Waals surface area (Å²) in [6.45, 7) is 10.9. The Labute approximate surface area is 194 Å². The molecule has 2 aliphatic rings. The molecule has 33 heavy (non-hydrogen) atoms. The van der Waals surface area contributed by atoms with E-state index in [2.05, 4.69) is 6.58 Å². The van der Waals surface area contributed by atoms with Gasteiger partial charge in [0.05, 0.1) is 32.2 Å². The van der Waals surface area contributed by atoms with Crippen molar-refractivity contribution >= 4 is 17.6 Å². The van der Waals surface area contributed by atoms with Gasteiger partial charge in [0, 0.05) is 20.2 Å². The minimum Gasteiger partial charge on any atom is -0.403 e. The summed E-state index contributed by atoms with van der Waals surface area (Å²) < 4.78 is 15.7. The number of rotatable bonds is 8. The fourth-order valence-electron chi connectivity index (χ4n) is 4.37. The van der Waals surface area contributed by atoms with Gasteiger partial charge in [-0.05, 0) is 55.9 Å². The van der Waals surface area contributed by atoms with Gasteiger partial charge >= 0.3 is 6.16 Å². The molecule has 0 bridgehead atoms. The van der Waals surface area contributed by atoms with Gasteiger partial charge in [0.1, 0.15) is 5.54 Å². The van der Waals surface area contributed by atoms with Crippen LogP contribution in [-0.4, -0.2) is 68.3 Å². The van der Waals surface area contributed by atoms with Gasteiger partial charge in [0.2, 0.25) is 0 Å². The maximum Gasteiger partial charge on any atom is 0.518 e. The van der Waals surface area contributed by atoms with Crippen LogP contribution in [0.4, 0.5) is 4.79 Å². The molecule has 0 aromatic heterocycles. The topological polar surface area (TPSA) is 86.8 Å². The first kappa shape index (κ1) is 24.9. The van der Waals surface area contributed by atoms with E-state index in [1.807, 2.05) is 32.9 Å². The summed E-state index contributed by atoms with van der Waals surface area (Å²) in [5.74, 6) is -0.149. The van der Waals surface area contributed by atoms with Gasteiger partial charge in [-0.3, -0.25) is 9.63 Å². The van der Waals surface area contributed by atoms with Gasteiger partial charge in [-0.1, -0.05) is 18.7 Å². The van der Waals surface area contributed by atoms with E-state index in [1.165, 1.54) is 5.06 Å². The third-order valence-corrected chi connectivity index (χ3v) is 6.44. The highest BCUT2D eigenvalue weighted by molar-refractivity contribution is 6.23. The molecule has 1 spiro atoms. The predicted octanol–water partition coefficient (Wildman–Crippen LogP) is 3.44. The van der Waals surface area contributed by atoms with E-state index in [1.54, 1.807) is 19.3 Å². The summed E-state index contributed by atoms with van der Waals surface area (Å²) in [4.78, 5) is 37.6. The highest BCUT2D eigenvalue weighted by atomic mass is 16.7. The van der Waals surface area contributed by atoms with Crippen LogP contribution in [0.25, 0.3) is 5.57 Å². The zero-order chi connectivity index (χ0) is 24.2. The van der Waals surface area contributed by atoms with Crippen LogP contribution in [0.5, 0.6) is 0 Å². The van der Waals surface area contributed by atoms with E-state index >= 15 is 0 Å². The van der Waals surface area contributed by atoms with Crippen molar-refractivity contribution in [2.45, 2.75) is 39.2 Å². The quantitative estimate of drug-likeness (QED) is 0.331. The van der Waals surface area contributed by atoms with Gasteiger partial charge in [0.25, 0.3) is 5.91 Å². The lowest BCUT2D eigenvalue weighted by molar-refractivity contribution is -0.235. The van der Waals surface area contributed by atoms with E-state index in [4.69, 9.17) is 23.9 Å². The Bertz CT molecular complexity index is 948. The molecule has 1 amide bonds. The summed E-state index contributed by atoms with van der Waals surface area (Å²) in [6, 6.07) is 3.83. The van der Waals surface area contributed by atoms with Gasteiger partial charge in [0.15, 0.2) is 5.76 Å². The van der Waals surface area contributed by atoms with Crippen LogP contribution in [0.15, 0.2) is 30.7 Å². The highest BCUT2D eigenvalue weighted by Gasteiger charge is 2.57. The van der Waals surface area contributed by atoms with Crippen molar-refractivity contribution in [2.24, 2.45) is 0 Å². The average molecular weight is 461 g/mol. The second-order valence-corrected chi connectivity index (χ2v) is 8.09. The van der Waals surface area contributed by atoms with Crippen LogP contribution in [0, 0.1) is 20.8 Å². The van der Waals surface area contributed by atoms with E-state index in [0.29, 0.717) is 43.7 Å². The van der Waals surface area contributed by atoms with Crippen molar-refractivity contribution in [3.05, 3.63) is 53.0 Å². The maximum atomic E-state index is 13.8. The number of hydrogen-bond acceptors (Lipinski definition) is 8. The Morgan fingerprint density at radius 2 is 1.82 bits per heavy atom. The largest absolute Gasteiger partial charge is 0.518 e. The number of hydroxylamine groups is 4. The lowest BCUT2D eigenvalue weighted by atomic mass is 9.85. The van der Waals surface area contributed by atoms with Crippen molar-refractivity contribution in [1.82, 2.24) is 10.1 Å².